The summed E-state index contributed by atoms with van der Waals surface area (Å²) in [6.07, 6.45) is 8.68. The molecule has 3 nitrogen and oxygen atoms in total. The highest BCUT2D eigenvalue weighted by molar-refractivity contribution is 9.10. The van der Waals surface area contributed by atoms with Crippen molar-refractivity contribution in [2.45, 2.75) is 24.3 Å². The summed E-state index contributed by atoms with van der Waals surface area (Å²) in [6, 6.07) is 24.1. The Bertz CT molecular complexity index is 1100. The first-order chi connectivity index (χ1) is 14.4. The summed E-state index contributed by atoms with van der Waals surface area (Å²) in [6.45, 7) is 1.93. The molecule has 0 aromatic heterocycles. The zero-order valence-corrected chi connectivity index (χ0v) is 19.1. The number of benzene rings is 3. The van der Waals surface area contributed by atoms with E-state index in [-0.39, 0.29) is 4.90 Å². The summed E-state index contributed by atoms with van der Waals surface area (Å²) in [5.41, 5.74) is 3.02. The van der Waals surface area contributed by atoms with Gasteiger partial charge in [0.15, 0.2) is 0 Å². The standard InChI is InChI=1S/C25H24BrNO2S/c1-20-12-18-24(19-13-20)30(28,29)27-25(22-14-16-23(26)17-15-22)11-7-3-6-10-21-8-4-2-5-9-21/h2,4-19,25,27H,3H2,1H3/b10-6+,11-7+. The summed E-state index contributed by atoms with van der Waals surface area (Å²) in [5.74, 6) is 0. The third kappa shape index (κ3) is 6.52. The fourth-order valence-electron chi connectivity index (χ4n) is 2.90. The van der Waals surface area contributed by atoms with E-state index >= 15 is 0 Å². The maximum absolute atomic E-state index is 12.9. The first-order valence-corrected chi connectivity index (χ1v) is 11.9. The molecule has 0 saturated heterocycles. The van der Waals surface area contributed by atoms with Crippen LogP contribution in [0.3, 0.4) is 0 Å². The van der Waals surface area contributed by atoms with Gasteiger partial charge in [0.2, 0.25) is 10.0 Å². The van der Waals surface area contributed by atoms with Gasteiger partial charge < -0.3 is 0 Å². The third-order valence-corrected chi connectivity index (χ3v) is 6.54. The van der Waals surface area contributed by atoms with Gasteiger partial charge in [-0.15, -0.1) is 0 Å². The number of aryl methyl sites for hydroxylation is 1. The highest BCUT2D eigenvalue weighted by Gasteiger charge is 2.19. The molecule has 5 heteroatoms. The number of rotatable bonds is 8. The van der Waals surface area contributed by atoms with Gasteiger partial charge in [0.05, 0.1) is 10.9 Å². The molecule has 1 atom stereocenters. The Morgan fingerprint density at radius 3 is 2.23 bits per heavy atom. The van der Waals surface area contributed by atoms with Crippen LogP contribution in [0.5, 0.6) is 0 Å². The summed E-state index contributed by atoms with van der Waals surface area (Å²) < 4.78 is 29.6. The molecule has 3 aromatic carbocycles. The van der Waals surface area contributed by atoms with Gasteiger partial charge in [0.25, 0.3) is 0 Å². The van der Waals surface area contributed by atoms with Gasteiger partial charge in [0.1, 0.15) is 0 Å². The van der Waals surface area contributed by atoms with Crippen LogP contribution in [-0.4, -0.2) is 8.42 Å². The van der Waals surface area contributed by atoms with E-state index in [0.717, 1.165) is 21.2 Å². The number of hydrogen-bond donors (Lipinski definition) is 1. The van der Waals surface area contributed by atoms with Gasteiger partial charge in [-0.2, -0.15) is 4.72 Å². The summed E-state index contributed by atoms with van der Waals surface area (Å²) in [5, 5.41) is 0. The van der Waals surface area contributed by atoms with Crippen molar-refractivity contribution in [3.05, 3.63) is 118 Å². The molecule has 1 N–H and O–H groups in total. The molecule has 0 spiro atoms. The van der Waals surface area contributed by atoms with Crippen molar-refractivity contribution >= 4 is 32.0 Å². The van der Waals surface area contributed by atoms with Crippen molar-refractivity contribution in [1.29, 1.82) is 0 Å². The molecule has 0 aliphatic carbocycles. The molecule has 0 bridgehead atoms. The average molecular weight is 482 g/mol. The second-order valence-corrected chi connectivity index (χ2v) is 9.57. The minimum Gasteiger partial charge on any atom is -0.207 e. The van der Waals surface area contributed by atoms with Crippen molar-refractivity contribution in [3.8, 4) is 0 Å². The van der Waals surface area contributed by atoms with Crippen LogP contribution in [0.1, 0.15) is 29.2 Å². The van der Waals surface area contributed by atoms with E-state index in [0.29, 0.717) is 6.42 Å². The van der Waals surface area contributed by atoms with Crippen LogP contribution in [0, 0.1) is 6.92 Å². The van der Waals surface area contributed by atoms with Crippen molar-refractivity contribution in [3.63, 3.8) is 0 Å². The molecule has 3 aromatic rings. The van der Waals surface area contributed by atoms with Crippen LogP contribution in [0.4, 0.5) is 0 Å². The molecule has 0 saturated carbocycles. The molecule has 0 radical (unpaired) electrons. The lowest BCUT2D eigenvalue weighted by molar-refractivity contribution is 0.574. The number of sulfonamides is 1. The monoisotopic (exact) mass is 481 g/mol. The Morgan fingerprint density at radius 1 is 0.900 bits per heavy atom. The van der Waals surface area contributed by atoms with Crippen molar-refractivity contribution in [1.82, 2.24) is 4.72 Å². The highest BCUT2D eigenvalue weighted by atomic mass is 79.9. The van der Waals surface area contributed by atoms with Crippen LogP contribution in [-0.2, 0) is 10.0 Å². The van der Waals surface area contributed by atoms with Crippen LogP contribution in [0.25, 0.3) is 6.08 Å². The number of halogens is 1. The van der Waals surface area contributed by atoms with Gasteiger partial charge in [-0.1, -0.05) is 100 Å². The second kappa shape index (κ2) is 10.5. The SMILES string of the molecule is Cc1ccc(S(=O)(=O)NC(/C=C/C/C=C/c2ccccc2)c2ccc(Br)cc2)cc1. The molecule has 1 unspecified atom stereocenters. The fraction of sp³-hybridized carbons (Fsp3) is 0.120. The molecule has 0 aliphatic heterocycles. The first-order valence-electron chi connectivity index (χ1n) is 9.67. The second-order valence-electron chi connectivity index (χ2n) is 6.94. The van der Waals surface area contributed by atoms with E-state index in [1.807, 2.05) is 73.7 Å². The molecular weight excluding hydrogens is 458 g/mol. The zero-order valence-electron chi connectivity index (χ0n) is 16.7. The summed E-state index contributed by atoms with van der Waals surface area (Å²) in [7, 11) is -3.65. The Morgan fingerprint density at radius 2 is 1.57 bits per heavy atom. The fourth-order valence-corrected chi connectivity index (χ4v) is 4.35. The maximum atomic E-state index is 12.9. The van der Waals surface area contributed by atoms with E-state index in [2.05, 4.69) is 32.8 Å². The van der Waals surface area contributed by atoms with Crippen LogP contribution in [0.2, 0.25) is 0 Å². The van der Waals surface area contributed by atoms with Gasteiger partial charge in [-0.3, -0.25) is 0 Å². The molecule has 0 heterocycles. The molecule has 0 aliphatic rings. The quantitative estimate of drug-likeness (QED) is 0.376. The summed E-state index contributed by atoms with van der Waals surface area (Å²) in [4.78, 5) is 0.257. The van der Waals surface area contributed by atoms with Gasteiger partial charge >= 0.3 is 0 Å². The molecule has 0 amide bonds. The van der Waals surface area contributed by atoms with E-state index in [1.54, 1.807) is 24.3 Å². The highest BCUT2D eigenvalue weighted by Crippen LogP contribution is 2.21. The number of allylic oxidation sites excluding steroid dienone is 2. The third-order valence-electron chi connectivity index (χ3n) is 4.55. The first kappa shape index (κ1) is 22.2. The van der Waals surface area contributed by atoms with Crippen molar-refractivity contribution < 1.29 is 8.42 Å². The molecular formula is C25H24BrNO2S. The Hall–Kier alpha value is -2.47. The van der Waals surface area contributed by atoms with Crippen molar-refractivity contribution in [2.75, 3.05) is 0 Å². The van der Waals surface area contributed by atoms with E-state index in [4.69, 9.17) is 0 Å². The largest absolute Gasteiger partial charge is 0.241 e. The molecule has 0 fully saturated rings. The van der Waals surface area contributed by atoms with Gasteiger partial charge in [0, 0.05) is 4.47 Å². The molecule has 154 valence electrons. The Kier molecular flexibility index (Phi) is 7.80. The van der Waals surface area contributed by atoms with E-state index in [9.17, 15) is 8.42 Å². The zero-order chi connectivity index (χ0) is 21.4. The number of hydrogen-bond acceptors (Lipinski definition) is 2. The summed E-state index contributed by atoms with van der Waals surface area (Å²) >= 11 is 3.43. The Balaban J connectivity index is 1.77. The maximum Gasteiger partial charge on any atom is 0.241 e. The predicted molar refractivity (Wildman–Crippen MR) is 128 cm³/mol. The van der Waals surface area contributed by atoms with Crippen LogP contribution < -0.4 is 4.72 Å². The minimum absolute atomic E-state index is 0.257. The average Bonchev–Trinajstić information content (AvgIpc) is 2.74. The lowest BCUT2D eigenvalue weighted by Gasteiger charge is -2.16. The molecule has 3 rings (SSSR count). The molecule has 30 heavy (non-hydrogen) atoms. The van der Waals surface area contributed by atoms with E-state index < -0.39 is 16.1 Å². The van der Waals surface area contributed by atoms with Crippen LogP contribution in [0.15, 0.2) is 106 Å². The predicted octanol–water partition coefficient (Wildman–Crippen LogP) is 6.44. The van der Waals surface area contributed by atoms with Crippen LogP contribution >= 0.6 is 15.9 Å². The van der Waals surface area contributed by atoms with Gasteiger partial charge in [-0.25, -0.2) is 8.42 Å². The lowest BCUT2D eigenvalue weighted by Crippen LogP contribution is -2.27. The minimum atomic E-state index is -3.65. The smallest absolute Gasteiger partial charge is 0.207 e. The topological polar surface area (TPSA) is 46.2 Å². The lowest BCUT2D eigenvalue weighted by atomic mass is 10.1. The van der Waals surface area contributed by atoms with Crippen molar-refractivity contribution in [2.24, 2.45) is 0 Å². The Labute approximate surface area is 187 Å². The van der Waals surface area contributed by atoms with E-state index in [1.165, 1.54) is 0 Å². The number of nitrogens with one attached hydrogen (secondary N) is 1. The normalized spacial score (nSPS) is 13.1. The van der Waals surface area contributed by atoms with Gasteiger partial charge in [-0.05, 0) is 48.7 Å².